The van der Waals surface area contributed by atoms with Gasteiger partial charge in [0.15, 0.2) is 0 Å². The Kier molecular flexibility index (Phi) is 28.0. The molecule has 0 bridgehead atoms. The molecule has 0 aliphatic carbocycles. The van der Waals surface area contributed by atoms with Crippen LogP contribution in [0.5, 0.6) is 0 Å². The molecule has 3 unspecified atom stereocenters. The summed E-state index contributed by atoms with van der Waals surface area (Å²) in [5.74, 6) is 2.34. The van der Waals surface area contributed by atoms with Crippen LogP contribution >= 0.6 is 0 Å². The zero-order valence-corrected chi connectivity index (χ0v) is 30.5. The SMILES string of the molecule is CCCCCCCCCCCCCCCCC(C)c1ccc(C(C)CCCCCCCCCCCCCC(C)CC)cc1. The van der Waals surface area contributed by atoms with Gasteiger partial charge in [-0.1, -0.05) is 232 Å². The van der Waals surface area contributed by atoms with E-state index >= 15 is 0 Å². The van der Waals surface area contributed by atoms with Crippen LogP contribution in [0.15, 0.2) is 24.3 Å². The lowest BCUT2D eigenvalue weighted by Gasteiger charge is -2.15. The van der Waals surface area contributed by atoms with Crippen LogP contribution in [-0.4, -0.2) is 0 Å². The van der Waals surface area contributed by atoms with E-state index in [-0.39, 0.29) is 0 Å². The fraction of sp³-hybridized carbons (Fsp3) is 0.860. The Morgan fingerprint density at radius 3 is 0.884 bits per heavy atom. The molecule has 0 saturated heterocycles. The van der Waals surface area contributed by atoms with E-state index in [2.05, 4.69) is 58.9 Å². The van der Waals surface area contributed by atoms with Crippen LogP contribution in [0.4, 0.5) is 0 Å². The summed E-state index contributed by atoms with van der Waals surface area (Å²) in [6.07, 6.45) is 41.7. The average Bonchev–Trinajstić information content (AvgIpc) is 3.03. The normalized spacial score (nSPS) is 13.8. The lowest BCUT2D eigenvalue weighted by molar-refractivity contribution is 0.468. The molecule has 252 valence electrons. The number of benzene rings is 1. The third-order valence-electron chi connectivity index (χ3n) is 10.6. The van der Waals surface area contributed by atoms with E-state index in [1.165, 1.54) is 186 Å². The van der Waals surface area contributed by atoms with Crippen molar-refractivity contribution in [1.29, 1.82) is 0 Å². The summed E-state index contributed by atoms with van der Waals surface area (Å²) >= 11 is 0. The average molecular weight is 597 g/mol. The van der Waals surface area contributed by atoms with Gasteiger partial charge in [0.25, 0.3) is 0 Å². The second-order valence-corrected chi connectivity index (χ2v) is 14.8. The minimum atomic E-state index is 0.704. The van der Waals surface area contributed by atoms with Crippen molar-refractivity contribution in [3.05, 3.63) is 35.4 Å². The summed E-state index contributed by atoms with van der Waals surface area (Å²) in [6, 6.07) is 9.75. The van der Waals surface area contributed by atoms with Gasteiger partial charge in [-0.05, 0) is 41.7 Å². The van der Waals surface area contributed by atoms with Crippen LogP contribution in [0.25, 0.3) is 0 Å². The van der Waals surface area contributed by atoms with Crippen LogP contribution in [-0.2, 0) is 0 Å². The second-order valence-electron chi connectivity index (χ2n) is 14.8. The van der Waals surface area contributed by atoms with Gasteiger partial charge in [-0.3, -0.25) is 0 Å². The van der Waals surface area contributed by atoms with Crippen LogP contribution in [0.3, 0.4) is 0 Å². The minimum absolute atomic E-state index is 0.704. The Bertz CT molecular complexity index is 672. The zero-order valence-electron chi connectivity index (χ0n) is 30.5. The van der Waals surface area contributed by atoms with Crippen molar-refractivity contribution in [1.82, 2.24) is 0 Å². The summed E-state index contributed by atoms with van der Waals surface area (Å²) in [7, 11) is 0. The molecule has 43 heavy (non-hydrogen) atoms. The maximum absolute atomic E-state index is 2.44. The van der Waals surface area contributed by atoms with E-state index < -0.39 is 0 Å². The Hall–Kier alpha value is -0.780. The van der Waals surface area contributed by atoms with Crippen molar-refractivity contribution in [3.8, 4) is 0 Å². The summed E-state index contributed by atoms with van der Waals surface area (Å²) in [4.78, 5) is 0. The first kappa shape index (κ1) is 40.2. The molecule has 1 aromatic carbocycles. The molecule has 0 heterocycles. The molecular weight excluding hydrogens is 516 g/mol. The topological polar surface area (TPSA) is 0 Å². The van der Waals surface area contributed by atoms with Crippen molar-refractivity contribution in [3.63, 3.8) is 0 Å². The maximum atomic E-state index is 2.44. The van der Waals surface area contributed by atoms with Gasteiger partial charge in [0.05, 0.1) is 0 Å². The van der Waals surface area contributed by atoms with Gasteiger partial charge >= 0.3 is 0 Å². The van der Waals surface area contributed by atoms with Gasteiger partial charge in [-0.15, -0.1) is 0 Å². The van der Waals surface area contributed by atoms with Crippen LogP contribution < -0.4 is 0 Å². The highest BCUT2D eigenvalue weighted by Gasteiger charge is 2.09. The van der Waals surface area contributed by atoms with Gasteiger partial charge in [0, 0.05) is 0 Å². The molecule has 0 saturated carbocycles. The van der Waals surface area contributed by atoms with Crippen LogP contribution in [0.1, 0.15) is 244 Å². The molecule has 1 rings (SSSR count). The Morgan fingerprint density at radius 1 is 0.349 bits per heavy atom. The van der Waals surface area contributed by atoms with Gasteiger partial charge < -0.3 is 0 Å². The standard InChI is InChI=1S/C43H80/c1-6-8-9-10-11-12-13-14-15-18-21-24-27-30-33-40(4)42-35-37-43(38-36-42)41(5)34-31-28-25-22-19-16-17-20-23-26-29-32-39(3)7-2/h35-41H,6-34H2,1-5H3. The van der Waals surface area contributed by atoms with Crippen molar-refractivity contribution in [2.24, 2.45) is 5.92 Å². The second kappa shape index (κ2) is 29.9. The summed E-state index contributed by atoms with van der Waals surface area (Å²) in [5.41, 5.74) is 3.10. The third kappa shape index (κ3) is 24.2. The molecule has 0 fully saturated rings. The van der Waals surface area contributed by atoms with E-state index in [1.807, 2.05) is 0 Å². The summed E-state index contributed by atoms with van der Waals surface area (Å²) < 4.78 is 0. The van der Waals surface area contributed by atoms with E-state index in [0.717, 1.165) is 5.92 Å². The molecule has 0 spiro atoms. The van der Waals surface area contributed by atoms with Gasteiger partial charge in [-0.2, -0.15) is 0 Å². The van der Waals surface area contributed by atoms with Crippen molar-refractivity contribution < 1.29 is 0 Å². The van der Waals surface area contributed by atoms with Crippen LogP contribution in [0.2, 0.25) is 0 Å². The zero-order chi connectivity index (χ0) is 31.2. The highest BCUT2D eigenvalue weighted by molar-refractivity contribution is 5.27. The van der Waals surface area contributed by atoms with Crippen molar-refractivity contribution in [2.75, 3.05) is 0 Å². The summed E-state index contributed by atoms with van der Waals surface area (Å²) in [5, 5.41) is 0. The fourth-order valence-electron chi connectivity index (χ4n) is 6.87. The summed E-state index contributed by atoms with van der Waals surface area (Å²) in [6.45, 7) is 11.9. The lowest BCUT2D eigenvalue weighted by Crippen LogP contribution is -1.97. The molecule has 3 atom stereocenters. The third-order valence-corrected chi connectivity index (χ3v) is 10.6. The van der Waals surface area contributed by atoms with E-state index in [1.54, 1.807) is 11.1 Å². The van der Waals surface area contributed by atoms with E-state index in [0.29, 0.717) is 11.8 Å². The highest BCUT2D eigenvalue weighted by atomic mass is 14.1. The first-order chi connectivity index (χ1) is 21.1. The molecule has 1 aromatic rings. The first-order valence-electron chi connectivity index (χ1n) is 20.2. The number of hydrogen-bond donors (Lipinski definition) is 0. The molecule has 0 aliphatic rings. The molecule has 0 heteroatoms. The first-order valence-corrected chi connectivity index (χ1v) is 20.2. The van der Waals surface area contributed by atoms with Gasteiger partial charge in [0.1, 0.15) is 0 Å². The molecule has 0 amide bonds. The fourth-order valence-corrected chi connectivity index (χ4v) is 6.87. The highest BCUT2D eigenvalue weighted by Crippen LogP contribution is 2.27. The Balaban J connectivity index is 1.96. The van der Waals surface area contributed by atoms with Crippen molar-refractivity contribution in [2.45, 2.75) is 233 Å². The van der Waals surface area contributed by atoms with Gasteiger partial charge in [0.2, 0.25) is 0 Å². The quantitative estimate of drug-likeness (QED) is 0.0726. The van der Waals surface area contributed by atoms with E-state index in [9.17, 15) is 0 Å². The number of rotatable bonds is 32. The van der Waals surface area contributed by atoms with Gasteiger partial charge in [-0.25, -0.2) is 0 Å². The molecule has 0 aliphatic heterocycles. The predicted octanol–water partition coefficient (Wildman–Crippen LogP) is 15.9. The molecule has 0 radical (unpaired) electrons. The Morgan fingerprint density at radius 2 is 0.605 bits per heavy atom. The predicted molar refractivity (Wildman–Crippen MR) is 198 cm³/mol. The minimum Gasteiger partial charge on any atom is -0.0654 e. The lowest BCUT2D eigenvalue weighted by atomic mass is 9.90. The molecule has 0 N–H and O–H groups in total. The maximum Gasteiger partial charge on any atom is -0.0190 e. The van der Waals surface area contributed by atoms with E-state index in [4.69, 9.17) is 0 Å². The molecule has 0 aromatic heterocycles. The monoisotopic (exact) mass is 597 g/mol. The Labute approximate surface area is 273 Å². The smallest absolute Gasteiger partial charge is 0.0190 e. The largest absolute Gasteiger partial charge is 0.0654 e. The number of hydrogen-bond acceptors (Lipinski definition) is 0. The van der Waals surface area contributed by atoms with Crippen LogP contribution in [0, 0.1) is 5.92 Å². The molecule has 0 nitrogen and oxygen atoms in total. The molecular formula is C43H80. The number of unbranched alkanes of at least 4 members (excludes halogenated alkanes) is 23. The van der Waals surface area contributed by atoms with Crippen molar-refractivity contribution >= 4 is 0 Å².